The Hall–Kier alpha value is -3.67. The number of hydrogen-bond donors (Lipinski definition) is 0. The van der Waals surface area contributed by atoms with Crippen molar-refractivity contribution in [3.05, 3.63) is 97.2 Å². The molecule has 0 N–H and O–H groups in total. The summed E-state index contributed by atoms with van der Waals surface area (Å²) in [4.78, 5) is 38.1. The molecule has 0 aliphatic heterocycles. The molecule has 0 amide bonds. The fourth-order valence-electron chi connectivity index (χ4n) is 7.64. The molecular formula is C62H104O6. The Kier molecular flexibility index (Phi) is 52.9. The Bertz CT molecular complexity index is 1360. The average Bonchev–Trinajstić information content (AvgIpc) is 3.34. The number of esters is 3. The zero-order valence-electron chi connectivity index (χ0n) is 44.3. The highest BCUT2D eigenvalue weighted by atomic mass is 16.6. The molecule has 0 fully saturated rings. The summed E-state index contributed by atoms with van der Waals surface area (Å²) in [5.41, 5.74) is 0. The Morgan fingerprint density at radius 2 is 0.647 bits per heavy atom. The van der Waals surface area contributed by atoms with E-state index in [-0.39, 0.29) is 37.5 Å². The van der Waals surface area contributed by atoms with E-state index in [0.29, 0.717) is 19.3 Å². The second kappa shape index (κ2) is 55.9. The van der Waals surface area contributed by atoms with Crippen LogP contribution in [0.25, 0.3) is 0 Å². The van der Waals surface area contributed by atoms with Gasteiger partial charge in [0, 0.05) is 19.3 Å². The van der Waals surface area contributed by atoms with Gasteiger partial charge in [-0.2, -0.15) is 0 Å². The van der Waals surface area contributed by atoms with Crippen LogP contribution in [0.2, 0.25) is 0 Å². The standard InChI is InChI=1S/C62H104O6/c1-4-7-10-13-16-19-22-25-28-30-32-34-37-40-43-46-49-52-55-61(64)67-58-59(57-66-60(63)54-51-48-45-42-39-36-33-27-24-21-18-15-12-9-6-3)68-62(65)56-53-50-47-44-41-38-35-31-29-26-23-20-17-14-11-8-5-2/h9,12,15,18,21,24,26-27,29,32-35,38,44,47,59H,4-8,10-11,13-14,16-17,19-20,22-23,25,28,30-31,36-37,39-43,45-46,48-58H2,1-3H3/b12-9-,18-15-,24-21-,29-26-,33-27-,34-32-,38-35-,47-44-. The van der Waals surface area contributed by atoms with Gasteiger partial charge in [-0.25, -0.2) is 0 Å². The quantitative estimate of drug-likeness (QED) is 0.0199. The molecule has 0 saturated heterocycles. The topological polar surface area (TPSA) is 78.9 Å². The highest BCUT2D eigenvalue weighted by Crippen LogP contribution is 2.14. The van der Waals surface area contributed by atoms with Crippen molar-refractivity contribution in [2.24, 2.45) is 0 Å². The molecule has 0 aliphatic rings. The Morgan fingerprint density at radius 1 is 0.324 bits per heavy atom. The van der Waals surface area contributed by atoms with E-state index in [1.54, 1.807) is 0 Å². The SMILES string of the molecule is CC\C=C/C=C\C=C/C=C\CCCCCCCC(=O)OCC(COC(=O)CCCCCCC/C=C\CCCCCCCCCCC)OC(=O)CCC/C=C\C/C=C\C/C=C\CCCCCCCC. The van der Waals surface area contributed by atoms with Crippen LogP contribution in [0.15, 0.2) is 97.2 Å². The highest BCUT2D eigenvalue weighted by Gasteiger charge is 2.19. The molecule has 0 aromatic heterocycles. The van der Waals surface area contributed by atoms with Crippen LogP contribution in [-0.4, -0.2) is 37.2 Å². The van der Waals surface area contributed by atoms with E-state index in [1.807, 2.05) is 18.2 Å². The monoisotopic (exact) mass is 945 g/mol. The molecule has 0 radical (unpaired) electrons. The zero-order chi connectivity index (χ0) is 49.3. The second-order valence-corrected chi connectivity index (χ2v) is 18.5. The molecule has 0 spiro atoms. The Labute approximate surface area is 419 Å². The summed E-state index contributed by atoms with van der Waals surface area (Å²) in [6.45, 7) is 6.43. The van der Waals surface area contributed by atoms with Crippen molar-refractivity contribution >= 4 is 17.9 Å². The average molecular weight is 946 g/mol. The molecule has 1 unspecified atom stereocenters. The molecular weight excluding hydrogens is 841 g/mol. The van der Waals surface area contributed by atoms with E-state index in [4.69, 9.17) is 14.2 Å². The first-order chi connectivity index (χ1) is 33.5. The minimum absolute atomic E-state index is 0.110. The largest absolute Gasteiger partial charge is 0.462 e. The van der Waals surface area contributed by atoms with E-state index < -0.39 is 6.10 Å². The number of hydrogen-bond acceptors (Lipinski definition) is 6. The molecule has 0 saturated carbocycles. The minimum Gasteiger partial charge on any atom is -0.462 e. The van der Waals surface area contributed by atoms with Crippen molar-refractivity contribution in [1.29, 1.82) is 0 Å². The first kappa shape index (κ1) is 64.3. The van der Waals surface area contributed by atoms with Gasteiger partial charge < -0.3 is 14.2 Å². The van der Waals surface area contributed by atoms with Crippen LogP contribution in [0.3, 0.4) is 0 Å². The third-order valence-electron chi connectivity index (χ3n) is 11.9. The number of carbonyl (C=O) groups excluding carboxylic acids is 3. The molecule has 0 aliphatic carbocycles. The fourth-order valence-corrected chi connectivity index (χ4v) is 7.64. The zero-order valence-corrected chi connectivity index (χ0v) is 44.3. The first-order valence-corrected chi connectivity index (χ1v) is 28.3. The maximum Gasteiger partial charge on any atom is 0.306 e. The van der Waals surface area contributed by atoms with Crippen molar-refractivity contribution in [3.63, 3.8) is 0 Å². The second-order valence-electron chi connectivity index (χ2n) is 18.5. The summed E-state index contributed by atoms with van der Waals surface area (Å²) < 4.78 is 16.8. The number of rotatable bonds is 50. The first-order valence-electron chi connectivity index (χ1n) is 28.3. The number of carbonyl (C=O) groups is 3. The van der Waals surface area contributed by atoms with E-state index in [9.17, 15) is 14.4 Å². The lowest BCUT2D eigenvalue weighted by molar-refractivity contribution is -0.167. The van der Waals surface area contributed by atoms with E-state index >= 15 is 0 Å². The van der Waals surface area contributed by atoms with Crippen molar-refractivity contribution < 1.29 is 28.6 Å². The highest BCUT2D eigenvalue weighted by molar-refractivity contribution is 5.71. The van der Waals surface area contributed by atoms with Crippen molar-refractivity contribution in [1.82, 2.24) is 0 Å². The molecule has 388 valence electrons. The molecule has 6 nitrogen and oxygen atoms in total. The molecule has 0 bridgehead atoms. The number of ether oxygens (including phenoxy) is 3. The molecule has 0 aromatic carbocycles. The fraction of sp³-hybridized carbons (Fsp3) is 0.694. The van der Waals surface area contributed by atoms with Gasteiger partial charge in [-0.05, 0) is 96.3 Å². The molecule has 0 heterocycles. The van der Waals surface area contributed by atoms with Gasteiger partial charge in [0.05, 0.1) is 0 Å². The van der Waals surface area contributed by atoms with Gasteiger partial charge in [-0.15, -0.1) is 0 Å². The van der Waals surface area contributed by atoms with Crippen LogP contribution in [0, 0.1) is 0 Å². The Morgan fingerprint density at radius 3 is 1.09 bits per heavy atom. The van der Waals surface area contributed by atoms with Gasteiger partial charge in [0.25, 0.3) is 0 Å². The van der Waals surface area contributed by atoms with Gasteiger partial charge in [0.15, 0.2) is 6.10 Å². The number of unbranched alkanes of at least 4 members (excludes halogenated alkanes) is 26. The van der Waals surface area contributed by atoms with Crippen LogP contribution in [0.1, 0.15) is 258 Å². The van der Waals surface area contributed by atoms with Crippen LogP contribution in [0.4, 0.5) is 0 Å². The molecule has 0 aromatic rings. The summed E-state index contributed by atoms with van der Waals surface area (Å²) in [7, 11) is 0. The predicted molar refractivity (Wildman–Crippen MR) is 293 cm³/mol. The maximum absolute atomic E-state index is 12.8. The van der Waals surface area contributed by atoms with E-state index in [1.165, 1.54) is 116 Å². The molecule has 1 atom stereocenters. The van der Waals surface area contributed by atoms with Crippen LogP contribution in [-0.2, 0) is 28.6 Å². The third kappa shape index (κ3) is 53.3. The van der Waals surface area contributed by atoms with E-state index in [0.717, 1.165) is 96.3 Å². The lowest BCUT2D eigenvalue weighted by Crippen LogP contribution is -2.30. The molecule has 0 rings (SSSR count). The maximum atomic E-state index is 12.8. The van der Waals surface area contributed by atoms with Crippen LogP contribution < -0.4 is 0 Å². The summed E-state index contributed by atoms with van der Waals surface area (Å²) >= 11 is 0. The van der Waals surface area contributed by atoms with Crippen LogP contribution >= 0.6 is 0 Å². The van der Waals surface area contributed by atoms with Crippen molar-refractivity contribution in [2.75, 3.05) is 13.2 Å². The van der Waals surface area contributed by atoms with Crippen molar-refractivity contribution in [2.45, 2.75) is 264 Å². The smallest absolute Gasteiger partial charge is 0.306 e. The number of allylic oxidation sites excluding steroid dienone is 16. The van der Waals surface area contributed by atoms with Gasteiger partial charge in [-0.1, -0.05) is 240 Å². The van der Waals surface area contributed by atoms with Gasteiger partial charge in [-0.3, -0.25) is 14.4 Å². The normalized spacial score (nSPS) is 12.8. The van der Waals surface area contributed by atoms with Gasteiger partial charge >= 0.3 is 17.9 Å². The van der Waals surface area contributed by atoms with Gasteiger partial charge in [0.1, 0.15) is 13.2 Å². The summed E-state index contributed by atoms with van der Waals surface area (Å²) in [5.74, 6) is -0.993. The van der Waals surface area contributed by atoms with Crippen molar-refractivity contribution in [3.8, 4) is 0 Å². The third-order valence-corrected chi connectivity index (χ3v) is 11.9. The van der Waals surface area contributed by atoms with Crippen LogP contribution in [0.5, 0.6) is 0 Å². The summed E-state index contributed by atoms with van der Waals surface area (Å²) in [6.07, 6.45) is 74.0. The lowest BCUT2D eigenvalue weighted by atomic mass is 10.1. The minimum atomic E-state index is -0.818. The van der Waals surface area contributed by atoms with Gasteiger partial charge in [0.2, 0.25) is 0 Å². The molecule has 6 heteroatoms. The molecule has 68 heavy (non-hydrogen) atoms. The Balaban J connectivity index is 4.51. The summed E-state index contributed by atoms with van der Waals surface area (Å²) in [5, 5.41) is 0. The predicted octanol–water partition coefficient (Wildman–Crippen LogP) is 18.9. The summed E-state index contributed by atoms with van der Waals surface area (Å²) in [6, 6.07) is 0. The van der Waals surface area contributed by atoms with E-state index in [2.05, 4.69) is 99.8 Å². The lowest BCUT2D eigenvalue weighted by Gasteiger charge is -2.18.